The van der Waals surface area contributed by atoms with Gasteiger partial charge < -0.3 is 20.6 Å². The van der Waals surface area contributed by atoms with Crippen LogP contribution in [0.5, 0.6) is 0 Å². The van der Waals surface area contributed by atoms with Crippen LogP contribution in [0, 0.1) is 21.8 Å². The standard InChI is InChI=1S/C10H7BrCl.C4H10N.2CH3.2ClH.Si.Zr/c1-6-2-7-4-8(12)5-10(11)9(7)3-6;1-4(2,3)5;;;;;;/h2-5H,1H3;5H,1-3H3;2*1H3;2*1H;;/q4*-1;;;;. The van der Waals surface area contributed by atoms with Crippen molar-refractivity contribution in [3.63, 3.8) is 0 Å². The summed E-state index contributed by atoms with van der Waals surface area (Å²) in [5.41, 5.74) is 7.96. The summed E-state index contributed by atoms with van der Waals surface area (Å²) in [5, 5.41) is 3.21. The molecule has 7 heteroatoms. The van der Waals surface area contributed by atoms with Crippen molar-refractivity contribution in [3.8, 4) is 0 Å². The summed E-state index contributed by atoms with van der Waals surface area (Å²) < 4.78 is 1.07. The summed E-state index contributed by atoms with van der Waals surface area (Å²) >= 11 is 10.7. The Bertz CT molecular complexity index is 536. The molecular formula is C16H25BrCl3NSiZr-4. The molecule has 0 unspecified atom stereocenters. The number of benzene rings is 1. The van der Waals surface area contributed by atoms with E-state index in [1.807, 2.05) is 32.9 Å². The number of nitrogens with one attached hydrogen (secondary N) is 1. The van der Waals surface area contributed by atoms with Crippen molar-refractivity contribution in [1.82, 2.24) is 0 Å². The van der Waals surface area contributed by atoms with Crippen LogP contribution in [0.2, 0.25) is 5.02 Å². The van der Waals surface area contributed by atoms with Gasteiger partial charge in [0.05, 0.1) is 0 Å². The fraction of sp³-hybridized carbons (Fsp3) is 0.312. The van der Waals surface area contributed by atoms with Crippen LogP contribution in [0.15, 0.2) is 28.7 Å². The van der Waals surface area contributed by atoms with Crippen LogP contribution < -0.4 is 0 Å². The topological polar surface area (TPSA) is 23.8 Å². The Morgan fingerprint density at radius 2 is 1.52 bits per heavy atom. The molecule has 2 rings (SSSR count). The molecule has 134 valence electrons. The molecule has 1 N–H and O–H groups in total. The van der Waals surface area contributed by atoms with Gasteiger partial charge in [0.25, 0.3) is 0 Å². The monoisotopic (exact) mass is 533 g/mol. The third kappa shape index (κ3) is 16.5. The molecule has 0 heterocycles. The maximum atomic E-state index is 6.94. The van der Waals surface area contributed by atoms with E-state index in [0.717, 1.165) is 9.50 Å². The van der Waals surface area contributed by atoms with Crippen molar-refractivity contribution >= 4 is 70.0 Å². The Labute approximate surface area is 185 Å². The summed E-state index contributed by atoms with van der Waals surface area (Å²) in [6.07, 6.45) is 0. The van der Waals surface area contributed by atoms with Crippen molar-refractivity contribution in [2.75, 3.05) is 0 Å². The summed E-state index contributed by atoms with van der Waals surface area (Å²) in [4.78, 5) is 0. The molecule has 0 aromatic heterocycles. The van der Waals surface area contributed by atoms with Crippen LogP contribution in [0.25, 0.3) is 16.5 Å². The Morgan fingerprint density at radius 3 is 1.91 bits per heavy atom. The molecule has 0 atom stereocenters. The van der Waals surface area contributed by atoms with Crippen molar-refractivity contribution in [2.45, 2.75) is 33.2 Å². The number of hydrogen-bond acceptors (Lipinski definition) is 0. The van der Waals surface area contributed by atoms with E-state index in [0.29, 0.717) is 0 Å². The van der Waals surface area contributed by atoms with Gasteiger partial charge in [-0.15, -0.1) is 58.8 Å². The van der Waals surface area contributed by atoms with Gasteiger partial charge in [0.1, 0.15) is 0 Å². The van der Waals surface area contributed by atoms with Crippen molar-refractivity contribution in [2.24, 2.45) is 0 Å². The fourth-order valence-electron chi connectivity index (χ4n) is 1.39. The summed E-state index contributed by atoms with van der Waals surface area (Å²) in [6, 6.07) is 8.18. The molecule has 0 spiro atoms. The average Bonchev–Trinajstić information content (AvgIpc) is 2.59. The summed E-state index contributed by atoms with van der Waals surface area (Å²) in [5.74, 6) is 0. The first-order valence-corrected chi connectivity index (χ1v) is 11.0. The third-order valence-electron chi connectivity index (χ3n) is 1.88. The van der Waals surface area contributed by atoms with Gasteiger partial charge in [0.2, 0.25) is 0 Å². The van der Waals surface area contributed by atoms with Gasteiger partial charge in [0, 0.05) is 5.02 Å². The summed E-state index contributed by atoms with van der Waals surface area (Å²) in [6.45, 7) is 10.7. The summed E-state index contributed by atoms with van der Waals surface area (Å²) in [7, 11) is 0. The van der Waals surface area contributed by atoms with Gasteiger partial charge in [-0.25, -0.2) is 0 Å². The molecule has 0 saturated carbocycles. The maximum absolute atomic E-state index is 6.94. The zero-order chi connectivity index (χ0) is 15.2. The number of hydrogen-bond donors (Lipinski definition) is 0. The Balaban J connectivity index is -0.0000000871. The van der Waals surface area contributed by atoms with E-state index in [1.165, 1.54) is 39.7 Å². The second-order valence-electron chi connectivity index (χ2n) is 5.17. The number of fused-ring (bicyclic) bond motifs is 1. The molecule has 0 fully saturated rings. The third-order valence-corrected chi connectivity index (χ3v) is 2.76. The van der Waals surface area contributed by atoms with Crippen LogP contribution in [0.4, 0.5) is 0 Å². The van der Waals surface area contributed by atoms with Crippen molar-refractivity contribution < 1.29 is 23.3 Å². The molecule has 1 nitrogen and oxygen atoms in total. The molecular weight excluding hydrogens is 512 g/mol. The number of halogens is 4. The first-order valence-electron chi connectivity index (χ1n) is 5.69. The average molecular weight is 537 g/mol. The van der Waals surface area contributed by atoms with Crippen LogP contribution in [-0.2, 0) is 23.3 Å². The van der Waals surface area contributed by atoms with E-state index in [4.69, 9.17) is 17.3 Å². The van der Waals surface area contributed by atoms with E-state index in [2.05, 4.69) is 41.9 Å². The van der Waals surface area contributed by atoms with E-state index >= 15 is 0 Å². The SMILES string of the molecule is CC(C)(C)[NH-].Cc1cc2c(Br)cc(Cl)cc2[cH-]1.Cl.Cl.[CH3-].[CH3-].[Si]=[Zr]. The number of rotatable bonds is 0. The molecule has 0 aliphatic rings. The van der Waals surface area contributed by atoms with Gasteiger partial charge >= 0.3 is 30.2 Å². The molecule has 0 aliphatic carbocycles. The van der Waals surface area contributed by atoms with Gasteiger partial charge in [-0.05, 0) is 10.5 Å². The van der Waals surface area contributed by atoms with E-state index < -0.39 is 0 Å². The van der Waals surface area contributed by atoms with E-state index in [9.17, 15) is 0 Å². The van der Waals surface area contributed by atoms with Crippen LogP contribution in [0.3, 0.4) is 0 Å². The second kappa shape index (κ2) is 16.7. The normalized spacial score (nSPS) is 8.43. The molecule has 2 aromatic carbocycles. The molecule has 2 aromatic rings. The van der Waals surface area contributed by atoms with Crippen molar-refractivity contribution in [3.05, 3.63) is 59.9 Å². The van der Waals surface area contributed by atoms with Crippen LogP contribution >= 0.6 is 52.3 Å². The predicted octanol–water partition coefficient (Wildman–Crippen LogP) is 7.48. The predicted molar refractivity (Wildman–Crippen MR) is 114 cm³/mol. The molecule has 0 bridgehead atoms. The van der Waals surface area contributed by atoms with Gasteiger partial charge in [0.15, 0.2) is 0 Å². The van der Waals surface area contributed by atoms with Gasteiger partial charge in [-0.2, -0.15) is 6.07 Å². The van der Waals surface area contributed by atoms with Crippen molar-refractivity contribution in [1.29, 1.82) is 0 Å². The van der Waals surface area contributed by atoms with Gasteiger partial charge in [-0.3, -0.25) is 0 Å². The molecule has 0 amide bonds. The Morgan fingerprint density at radius 1 is 1.13 bits per heavy atom. The van der Waals surface area contributed by atoms with Crippen LogP contribution in [0.1, 0.15) is 26.3 Å². The van der Waals surface area contributed by atoms with E-state index in [-0.39, 0.29) is 45.2 Å². The first-order chi connectivity index (χ1) is 8.66. The molecule has 0 saturated heterocycles. The first kappa shape index (κ1) is 35.4. The van der Waals surface area contributed by atoms with E-state index in [1.54, 1.807) is 0 Å². The van der Waals surface area contributed by atoms with Crippen LogP contribution in [-0.4, -0.2) is 12.4 Å². The minimum atomic E-state index is -0.250. The Kier molecular flexibility index (Phi) is 25.7. The molecule has 2 radical (unpaired) electrons. The van der Waals surface area contributed by atoms with Gasteiger partial charge in [-0.1, -0.05) is 55.2 Å². The molecule has 23 heavy (non-hydrogen) atoms. The number of aryl methyl sites for hydroxylation is 1. The Hall–Kier alpha value is 1.24. The fourth-order valence-corrected chi connectivity index (χ4v) is 2.34. The minimum absolute atomic E-state index is 0. The quantitative estimate of drug-likeness (QED) is 0.246. The molecule has 0 aliphatic heterocycles. The zero-order valence-electron chi connectivity index (χ0n) is 14.4. The zero-order valence-corrected chi connectivity index (χ0v) is 21.8. The second-order valence-corrected chi connectivity index (χ2v) is 6.46.